The Bertz CT molecular complexity index is 1480. The Labute approximate surface area is 223 Å². The van der Waals surface area contributed by atoms with Crippen LogP contribution in [0.1, 0.15) is 38.3 Å². The molecule has 0 aliphatic carbocycles. The van der Waals surface area contributed by atoms with Crippen LogP contribution in [0.15, 0.2) is 64.2 Å². The highest BCUT2D eigenvalue weighted by atomic mass is 16.4. The van der Waals surface area contributed by atoms with Crippen molar-refractivity contribution in [3.05, 3.63) is 81.0 Å². The number of carbonyl (C=O) groups excluding carboxylic acids is 3. The molecule has 0 saturated carbocycles. The van der Waals surface area contributed by atoms with E-state index in [0.717, 1.165) is 4.57 Å². The molecule has 0 unspecified atom stereocenters. The highest BCUT2D eigenvalue weighted by molar-refractivity contribution is 5.93. The van der Waals surface area contributed by atoms with Gasteiger partial charge in [0, 0.05) is 6.42 Å². The number of amides is 3. The summed E-state index contributed by atoms with van der Waals surface area (Å²) in [4.78, 5) is 78.8. The van der Waals surface area contributed by atoms with Gasteiger partial charge in [0.25, 0.3) is 5.56 Å². The van der Waals surface area contributed by atoms with Gasteiger partial charge in [0.1, 0.15) is 18.1 Å². The predicted molar refractivity (Wildman–Crippen MR) is 143 cm³/mol. The number of primary amides is 1. The summed E-state index contributed by atoms with van der Waals surface area (Å²) < 4.78 is 0.823. The second kappa shape index (κ2) is 12.7. The number of nitrogens with one attached hydrogen (secondary N) is 3. The highest BCUT2D eigenvalue weighted by Gasteiger charge is 2.34. The fourth-order valence-electron chi connectivity index (χ4n) is 4.21. The minimum atomic E-state index is -1.59. The Kier molecular flexibility index (Phi) is 9.37. The number of H-pyrrole nitrogens is 1. The molecular weight excluding hydrogens is 506 g/mol. The van der Waals surface area contributed by atoms with Crippen LogP contribution in [0.2, 0.25) is 0 Å². The molecule has 0 bridgehead atoms. The first-order valence-electron chi connectivity index (χ1n) is 12.4. The molecule has 0 fully saturated rings. The molecule has 39 heavy (non-hydrogen) atoms. The van der Waals surface area contributed by atoms with Crippen molar-refractivity contribution in [2.24, 2.45) is 11.7 Å². The lowest BCUT2D eigenvalue weighted by Crippen LogP contribution is -2.56. The molecule has 3 amide bonds. The summed E-state index contributed by atoms with van der Waals surface area (Å²) in [6.07, 6.45) is -0.255. The predicted octanol–water partition coefficient (Wildman–Crippen LogP) is 0.449. The third kappa shape index (κ3) is 6.98. The second-order valence-corrected chi connectivity index (χ2v) is 9.30. The number of aromatic amines is 1. The third-order valence-electron chi connectivity index (χ3n) is 6.54. The van der Waals surface area contributed by atoms with Gasteiger partial charge in [-0.15, -0.1) is 0 Å². The normalized spacial score (nSPS) is 14.1. The lowest BCUT2D eigenvalue weighted by Gasteiger charge is -2.27. The van der Waals surface area contributed by atoms with E-state index in [1.54, 1.807) is 62.4 Å². The minimum absolute atomic E-state index is 0.0394. The SMILES string of the molecule is CC[C@@H](C)[C@H](NC(=O)[C@H](Cc1ccccc1)n1c(=O)[nH]c2ccccc2c1=O)C(=O)N[C@@H](CC(N)=O)C(=O)O. The fourth-order valence-corrected chi connectivity index (χ4v) is 4.21. The van der Waals surface area contributed by atoms with Crippen LogP contribution in [0.4, 0.5) is 0 Å². The van der Waals surface area contributed by atoms with Gasteiger partial charge in [0.05, 0.1) is 17.3 Å². The minimum Gasteiger partial charge on any atom is -0.480 e. The van der Waals surface area contributed by atoms with Crippen LogP contribution in [0.25, 0.3) is 10.9 Å². The van der Waals surface area contributed by atoms with E-state index in [1.807, 2.05) is 0 Å². The Morgan fingerprint density at radius 2 is 1.62 bits per heavy atom. The number of rotatable bonds is 12. The van der Waals surface area contributed by atoms with Crippen molar-refractivity contribution in [3.63, 3.8) is 0 Å². The van der Waals surface area contributed by atoms with Crippen LogP contribution in [0.5, 0.6) is 0 Å². The zero-order valence-electron chi connectivity index (χ0n) is 21.5. The van der Waals surface area contributed by atoms with Crippen molar-refractivity contribution in [1.82, 2.24) is 20.2 Å². The van der Waals surface area contributed by atoms with E-state index >= 15 is 0 Å². The van der Waals surface area contributed by atoms with E-state index in [2.05, 4.69) is 15.6 Å². The number of para-hydroxylation sites is 1. The van der Waals surface area contributed by atoms with Crippen molar-refractivity contribution in [3.8, 4) is 0 Å². The molecular formula is C27H31N5O7. The summed E-state index contributed by atoms with van der Waals surface area (Å²) >= 11 is 0. The molecule has 0 aliphatic rings. The van der Waals surface area contributed by atoms with Crippen LogP contribution < -0.4 is 27.6 Å². The Balaban J connectivity index is 2.02. The first-order chi connectivity index (χ1) is 18.5. The van der Waals surface area contributed by atoms with Gasteiger partial charge in [-0.05, 0) is 23.6 Å². The third-order valence-corrected chi connectivity index (χ3v) is 6.54. The second-order valence-electron chi connectivity index (χ2n) is 9.30. The monoisotopic (exact) mass is 537 g/mol. The van der Waals surface area contributed by atoms with Gasteiger partial charge in [-0.25, -0.2) is 14.2 Å². The van der Waals surface area contributed by atoms with Crippen molar-refractivity contribution >= 4 is 34.6 Å². The van der Waals surface area contributed by atoms with E-state index in [-0.39, 0.29) is 11.8 Å². The van der Waals surface area contributed by atoms with Crippen molar-refractivity contribution < 1.29 is 24.3 Å². The number of aromatic nitrogens is 2. The van der Waals surface area contributed by atoms with Gasteiger partial charge >= 0.3 is 11.7 Å². The number of nitrogens with zero attached hydrogens (tertiary/aromatic N) is 1. The lowest BCUT2D eigenvalue weighted by atomic mass is 9.96. The van der Waals surface area contributed by atoms with Crippen molar-refractivity contribution in [2.45, 2.75) is 51.2 Å². The van der Waals surface area contributed by atoms with E-state index in [1.165, 1.54) is 6.07 Å². The van der Waals surface area contributed by atoms with Crippen LogP contribution in [0, 0.1) is 5.92 Å². The van der Waals surface area contributed by atoms with Crippen molar-refractivity contribution in [2.75, 3.05) is 0 Å². The number of nitrogens with two attached hydrogens (primary N) is 1. The molecule has 3 aromatic rings. The van der Waals surface area contributed by atoms with Crippen LogP contribution in [-0.2, 0) is 25.6 Å². The molecule has 3 rings (SSSR count). The summed E-state index contributed by atoms with van der Waals surface area (Å²) in [5.41, 5.74) is 4.60. The van der Waals surface area contributed by atoms with Gasteiger partial charge in [-0.1, -0.05) is 62.7 Å². The molecule has 12 heteroatoms. The highest BCUT2D eigenvalue weighted by Crippen LogP contribution is 2.16. The molecule has 0 saturated heterocycles. The number of aliphatic carboxylic acids is 1. The molecule has 1 aromatic heterocycles. The largest absolute Gasteiger partial charge is 0.480 e. The Morgan fingerprint density at radius 3 is 2.23 bits per heavy atom. The van der Waals surface area contributed by atoms with Crippen LogP contribution in [-0.4, -0.2) is 50.4 Å². The number of carbonyl (C=O) groups is 4. The maximum atomic E-state index is 13.7. The fraction of sp³-hybridized carbons (Fsp3) is 0.333. The Morgan fingerprint density at radius 1 is 0.974 bits per heavy atom. The maximum absolute atomic E-state index is 13.7. The molecule has 1 heterocycles. The molecule has 2 aromatic carbocycles. The number of fused-ring (bicyclic) bond motifs is 1. The quantitative estimate of drug-likeness (QED) is 0.221. The number of hydrogen-bond acceptors (Lipinski definition) is 6. The van der Waals surface area contributed by atoms with E-state index in [4.69, 9.17) is 5.73 Å². The van der Waals surface area contributed by atoms with E-state index in [9.17, 15) is 33.9 Å². The van der Waals surface area contributed by atoms with Gasteiger partial charge < -0.3 is 26.5 Å². The summed E-state index contributed by atoms with van der Waals surface area (Å²) in [6, 6.07) is 11.0. The summed E-state index contributed by atoms with van der Waals surface area (Å²) in [6.45, 7) is 3.45. The van der Waals surface area contributed by atoms with Gasteiger partial charge in [0.2, 0.25) is 17.7 Å². The maximum Gasteiger partial charge on any atom is 0.329 e. The molecule has 0 spiro atoms. The Hall–Kier alpha value is -4.74. The molecule has 0 radical (unpaired) electrons. The molecule has 4 atom stereocenters. The van der Waals surface area contributed by atoms with Crippen LogP contribution in [0.3, 0.4) is 0 Å². The topological polar surface area (TPSA) is 193 Å². The summed E-state index contributed by atoms with van der Waals surface area (Å²) in [5, 5.41) is 14.5. The summed E-state index contributed by atoms with van der Waals surface area (Å²) in [7, 11) is 0. The molecule has 6 N–H and O–H groups in total. The number of benzene rings is 2. The first kappa shape index (κ1) is 28.8. The van der Waals surface area contributed by atoms with Crippen molar-refractivity contribution in [1.29, 1.82) is 0 Å². The first-order valence-corrected chi connectivity index (χ1v) is 12.4. The van der Waals surface area contributed by atoms with Gasteiger partial charge in [-0.3, -0.25) is 19.2 Å². The standard InChI is InChI=1S/C27H31N5O7/c1-3-15(2)22(24(35)29-19(26(37)38)14-21(28)33)31-23(34)20(13-16-9-5-4-6-10-16)32-25(36)17-11-7-8-12-18(17)30-27(32)39/h4-12,15,19-20,22H,3,13-14H2,1-2H3,(H2,28,33)(H,29,35)(H,30,39)(H,31,34)(H,37,38)/t15-,19+,20+,22+/m1/s1. The molecule has 0 aliphatic heterocycles. The molecule has 206 valence electrons. The van der Waals surface area contributed by atoms with Gasteiger partial charge in [-0.2, -0.15) is 0 Å². The summed E-state index contributed by atoms with van der Waals surface area (Å²) in [5.74, 6) is -4.49. The van der Waals surface area contributed by atoms with E-state index in [0.29, 0.717) is 17.5 Å². The lowest BCUT2D eigenvalue weighted by molar-refractivity contribution is -0.144. The number of hydrogen-bond donors (Lipinski definition) is 5. The van der Waals surface area contributed by atoms with E-state index < -0.39 is 65.4 Å². The smallest absolute Gasteiger partial charge is 0.329 e. The zero-order chi connectivity index (χ0) is 28.7. The number of carboxylic acid groups (broad SMARTS) is 1. The van der Waals surface area contributed by atoms with Gasteiger partial charge in [0.15, 0.2) is 0 Å². The zero-order valence-corrected chi connectivity index (χ0v) is 21.5. The van der Waals surface area contributed by atoms with Crippen LogP contribution >= 0.6 is 0 Å². The number of carboxylic acids is 1. The average Bonchev–Trinajstić information content (AvgIpc) is 2.90. The average molecular weight is 538 g/mol. The molecule has 12 nitrogen and oxygen atoms in total.